The minimum absolute atomic E-state index is 0.155. The van der Waals surface area contributed by atoms with Crippen LogP contribution in [0.2, 0.25) is 0 Å². The van der Waals surface area contributed by atoms with Crippen molar-refractivity contribution in [3.63, 3.8) is 0 Å². The number of amides is 1. The Kier molecular flexibility index (Phi) is 7.17. The number of benzene rings is 3. The second-order valence-corrected chi connectivity index (χ2v) is 6.82. The Balaban J connectivity index is 1.74. The number of phenolic OH excluding ortho intramolecular Hbond substituents is 2. The van der Waals surface area contributed by atoms with Gasteiger partial charge >= 0.3 is 5.97 Å². The smallest absolute Gasteiger partial charge is 0.342 e. The van der Waals surface area contributed by atoms with E-state index in [0.717, 1.165) is 17.2 Å². The molecule has 166 valence electrons. The molecule has 0 heterocycles. The van der Waals surface area contributed by atoms with Crippen LogP contribution in [0.5, 0.6) is 23.0 Å². The van der Waals surface area contributed by atoms with Gasteiger partial charge in [-0.05, 0) is 47.5 Å². The molecular formula is C24H23NO7. The molecule has 0 bridgehead atoms. The normalized spacial score (nSPS) is 10.5. The van der Waals surface area contributed by atoms with Crippen molar-refractivity contribution in [3.05, 3.63) is 83.4 Å². The van der Waals surface area contributed by atoms with Crippen LogP contribution in [0, 0.1) is 0 Å². The maximum Gasteiger partial charge on any atom is 0.342 e. The van der Waals surface area contributed by atoms with Crippen molar-refractivity contribution >= 4 is 11.9 Å². The number of aromatic hydroxyl groups is 2. The van der Waals surface area contributed by atoms with E-state index >= 15 is 0 Å². The van der Waals surface area contributed by atoms with E-state index in [4.69, 9.17) is 14.2 Å². The number of carbonyl (C=O) groups excluding carboxylic acids is 2. The molecule has 3 rings (SSSR count). The lowest BCUT2D eigenvalue weighted by molar-refractivity contribution is -0.124. The fourth-order valence-electron chi connectivity index (χ4n) is 3.06. The van der Waals surface area contributed by atoms with Crippen LogP contribution in [0.15, 0.2) is 66.7 Å². The summed E-state index contributed by atoms with van der Waals surface area (Å²) in [6.07, 6.45) is 0. The molecule has 3 aromatic carbocycles. The molecule has 0 unspecified atom stereocenters. The molecule has 3 aromatic rings. The molecule has 8 nitrogen and oxygen atoms in total. The summed E-state index contributed by atoms with van der Waals surface area (Å²) < 4.78 is 15.4. The first kappa shape index (κ1) is 22.5. The summed E-state index contributed by atoms with van der Waals surface area (Å²) in [7, 11) is 3.13. The summed E-state index contributed by atoms with van der Waals surface area (Å²) in [5.41, 5.74) is 1.44. The molecule has 0 radical (unpaired) electrons. The van der Waals surface area contributed by atoms with Crippen LogP contribution in [0.4, 0.5) is 0 Å². The predicted molar refractivity (Wildman–Crippen MR) is 116 cm³/mol. The SMILES string of the molecule is COc1ccc(C(NC(=O)COC(=O)c2ccc(O)cc2O)c2ccc(OC)cc2)cc1. The van der Waals surface area contributed by atoms with Gasteiger partial charge in [0, 0.05) is 6.07 Å². The summed E-state index contributed by atoms with van der Waals surface area (Å²) in [6, 6.07) is 17.4. The van der Waals surface area contributed by atoms with Crippen LogP contribution >= 0.6 is 0 Å². The highest BCUT2D eigenvalue weighted by Gasteiger charge is 2.20. The van der Waals surface area contributed by atoms with E-state index in [1.54, 1.807) is 38.5 Å². The molecule has 0 saturated heterocycles. The number of rotatable bonds is 8. The zero-order chi connectivity index (χ0) is 23.1. The van der Waals surface area contributed by atoms with E-state index in [1.165, 1.54) is 12.1 Å². The summed E-state index contributed by atoms with van der Waals surface area (Å²) in [5, 5.41) is 22.0. The van der Waals surface area contributed by atoms with Gasteiger partial charge < -0.3 is 29.7 Å². The Hall–Kier alpha value is -4.20. The Morgan fingerprint density at radius 1 is 0.844 bits per heavy atom. The number of hydrogen-bond donors (Lipinski definition) is 3. The third-order valence-corrected chi connectivity index (χ3v) is 4.74. The molecule has 0 spiro atoms. The minimum Gasteiger partial charge on any atom is -0.508 e. The summed E-state index contributed by atoms with van der Waals surface area (Å²) in [6.45, 7) is -0.554. The fraction of sp³-hybridized carbons (Fsp3) is 0.167. The highest BCUT2D eigenvalue weighted by atomic mass is 16.5. The van der Waals surface area contributed by atoms with E-state index in [-0.39, 0.29) is 11.3 Å². The Labute approximate surface area is 185 Å². The maximum absolute atomic E-state index is 12.6. The second kappa shape index (κ2) is 10.2. The fourth-order valence-corrected chi connectivity index (χ4v) is 3.06. The van der Waals surface area contributed by atoms with Crippen molar-refractivity contribution < 1.29 is 34.0 Å². The van der Waals surface area contributed by atoms with Gasteiger partial charge in [-0.1, -0.05) is 24.3 Å². The number of hydrogen-bond acceptors (Lipinski definition) is 7. The van der Waals surface area contributed by atoms with Crippen molar-refractivity contribution in [1.82, 2.24) is 5.32 Å². The lowest BCUT2D eigenvalue weighted by Gasteiger charge is -2.20. The van der Waals surface area contributed by atoms with Crippen LogP contribution in [-0.4, -0.2) is 42.9 Å². The molecule has 3 N–H and O–H groups in total. The van der Waals surface area contributed by atoms with Gasteiger partial charge in [-0.15, -0.1) is 0 Å². The highest BCUT2D eigenvalue weighted by molar-refractivity contribution is 5.94. The molecule has 1 amide bonds. The largest absolute Gasteiger partial charge is 0.508 e. The topological polar surface area (TPSA) is 114 Å². The standard InChI is InChI=1S/C24H23NO7/c1-30-18-8-3-15(4-9-18)23(16-5-10-19(31-2)11-6-16)25-22(28)14-32-24(29)20-12-7-17(26)13-21(20)27/h3-13,23,26-27H,14H2,1-2H3,(H,25,28). The van der Waals surface area contributed by atoms with E-state index in [9.17, 15) is 19.8 Å². The van der Waals surface area contributed by atoms with Crippen molar-refractivity contribution in [2.24, 2.45) is 0 Å². The first-order valence-electron chi connectivity index (χ1n) is 9.67. The number of methoxy groups -OCH3 is 2. The molecule has 0 fully saturated rings. The monoisotopic (exact) mass is 437 g/mol. The molecule has 32 heavy (non-hydrogen) atoms. The number of phenols is 2. The molecule has 0 atom stereocenters. The number of ether oxygens (including phenoxy) is 3. The third-order valence-electron chi connectivity index (χ3n) is 4.74. The lowest BCUT2D eigenvalue weighted by Crippen LogP contribution is -2.33. The molecule has 0 aliphatic heterocycles. The Morgan fingerprint density at radius 2 is 1.38 bits per heavy atom. The molecule has 0 aliphatic rings. The van der Waals surface area contributed by atoms with Gasteiger partial charge in [-0.3, -0.25) is 4.79 Å². The summed E-state index contributed by atoms with van der Waals surface area (Å²) in [4.78, 5) is 24.8. The van der Waals surface area contributed by atoms with Crippen LogP contribution in [0.3, 0.4) is 0 Å². The van der Waals surface area contributed by atoms with E-state index in [2.05, 4.69) is 5.32 Å². The van der Waals surface area contributed by atoms with Crippen molar-refractivity contribution in [1.29, 1.82) is 0 Å². The van der Waals surface area contributed by atoms with Crippen LogP contribution in [0.1, 0.15) is 27.5 Å². The second-order valence-electron chi connectivity index (χ2n) is 6.82. The van der Waals surface area contributed by atoms with Gasteiger partial charge in [0.15, 0.2) is 6.61 Å². The van der Waals surface area contributed by atoms with Crippen LogP contribution < -0.4 is 14.8 Å². The quantitative estimate of drug-likeness (QED) is 0.464. The maximum atomic E-state index is 12.6. The van der Waals surface area contributed by atoms with Crippen LogP contribution in [0.25, 0.3) is 0 Å². The number of esters is 1. The number of carbonyl (C=O) groups is 2. The van der Waals surface area contributed by atoms with Gasteiger partial charge in [0.05, 0.1) is 20.3 Å². The van der Waals surface area contributed by atoms with Crippen molar-refractivity contribution in [2.75, 3.05) is 20.8 Å². The molecule has 0 aliphatic carbocycles. The average molecular weight is 437 g/mol. The molecule has 8 heteroatoms. The van der Waals surface area contributed by atoms with E-state index in [0.29, 0.717) is 11.5 Å². The summed E-state index contributed by atoms with van der Waals surface area (Å²) in [5.74, 6) is -0.702. The lowest BCUT2D eigenvalue weighted by atomic mass is 9.98. The van der Waals surface area contributed by atoms with Crippen LogP contribution in [-0.2, 0) is 9.53 Å². The average Bonchev–Trinajstić information content (AvgIpc) is 2.81. The van der Waals surface area contributed by atoms with Crippen molar-refractivity contribution in [2.45, 2.75) is 6.04 Å². The highest BCUT2D eigenvalue weighted by Crippen LogP contribution is 2.26. The first-order chi connectivity index (χ1) is 15.4. The van der Waals surface area contributed by atoms with Gasteiger partial charge in [-0.2, -0.15) is 0 Å². The zero-order valence-corrected chi connectivity index (χ0v) is 17.6. The first-order valence-corrected chi connectivity index (χ1v) is 9.67. The minimum atomic E-state index is -0.886. The van der Waals surface area contributed by atoms with E-state index in [1.807, 2.05) is 24.3 Å². The third kappa shape index (κ3) is 5.48. The van der Waals surface area contributed by atoms with Gasteiger partial charge in [0.2, 0.25) is 0 Å². The predicted octanol–water partition coefficient (Wildman–Crippen LogP) is 3.18. The summed E-state index contributed by atoms with van der Waals surface area (Å²) >= 11 is 0. The van der Waals surface area contributed by atoms with Crippen molar-refractivity contribution in [3.8, 4) is 23.0 Å². The number of nitrogens with one attached hydrogen (secondary N) is 1. The van der Waals surface area contributed by atoms with Gasteiger partial charge in [-0.25, -0.2) is 4.79 Å². The van der Waals surface area contributed by atoms with Gasteiger partial charge in [0.25, 0.3) is 5.91 Å². The molecule has 0 saturated carbocycles. The molecular weight excluding hydrogens is 414 g/mol. The zero-order valence-electron chi connectivity index (χ0n) is 17.6. The van der Waals surface area contributed by atoms with Gasteiger partial charge in [0.1, 0.15) is 28.6 Å². The molecule has 0 aromatic heterocycles. The Morgan fingerprint density at radius 3 is 1.84 bits per heavy atom. The van der Waals surface area contributed by atoms with E-state index < -0.39 is 30.3 Å². The Bertz CT molecular complexity index is 1030.